The minimum atomic E-state index is -0.200. The molecule has 0 aliphatic carbocycles. The number of hydrogen-bond acceptors (Lipinski definition) is 4. The number of aryl methyl sites for hydroxylation is 1. The Hall–Kier alpha value is -1.10. The van der Waals surface area contributed by atoms with Crippen LogP contribution in [0.2, 0.25) is 0 Å². The van der Waals surface area contributed by atoms with Crippen molar-refractivity contribution >= 4 is 17.6 Å². The zero-order valence-electron chi connectivity index (χ0n) is 10.7. The van der Waals surface area contributed by atoms with Crippen molar-refractivity contribution in [3.05, 3.63) is 18.0 Å². The predicted octanol–water partition coefficient (Wildman–Crippen LogP) is 2.62. The monoisotopic (exact) mass is 252 g/mol. The van der Waals surface area contributed by atoms with Crippen LogP contribution in [0.25, 0.3) is 0 Å². The highest BCUT2D eigenvalue weighted by Crippen LogP contribution is 2.24. The zero-order valence-corrected chi connectivity index (χ0v) is 11.5. The van der Waals surface area contributed by atoms with Gasteiger partial charge in [-0.2, -0.15) is 0 Å². The van der Waals surface area contributed by atoms with Gasteiger partial charge >= 0.3 is 0 Å². The van der Waals surface area contributed by atoms with Crippen molar-refractivity contribution in [1.29, 1.82) is 5.41 Å². The maximum absolute atomic E-state index is 7.47. The molecule has 0 atom stereocenters. The molecule has 0 amide bonds. The number of amidine groups is 1. The minimum absolute atomic E-state index is 0.200. The Kier molecular flexibility index (Phi) is 4.93. The van der Waals surface area contributed by atoms with Gasteiger partial charge in [-0.3, -0.25) is 5.41 Å². The molecule has 0 aliphatic rings. The van der Waals surface area contributed by atoms with Crippen molar-refractivity contribution in [3.63, 3.8) is 0 Å². The van der Waals surface area contributed by atoms with Gasteiger partial charge in [0, 0.05) is 23.6 Å². The first-order valence-electron chi connectivity index (χ1n) is 5.68. The van der Waals surface area contributed by atoms with Gasteiger partial charge in [0.15, 0.2) is 5.16 Å². The first-order chi connectivity index (χ1) is 7.92. The van der Waals surface area contributed by atoms with Crippen LogP contribution in [0.3, 0.4) is 0 Å². The second kappa shape index (κ2) is 6.00. The summed E-state index contributed by atoms with van der Waals surface area (Å²) in [6.45, 7) is 5.98. The van der Waals surface area contributed by atoms with Gasteiger partial charge in [0.25, 0.3) is 0 Å². The number of hydrogen-bond donors (Lipinski definition) is 2. The third-order valence-electron chi connectivity index (χ3n) is 2.66. The van der Waals surface area contributed by atoms with Crippen LogP contribution < -0.4 is 5.73 Å². The second-order valence-electron chi connectivity index (χ2n) is 4.79. The molecule has 1 heterocycles. The maximum Gasteiger partial charge on any atom is 0.187 e. The van der Waals surface area contributed by atoms with E-state index in [0.717, 1.165) is 29.3 Å². The third kappa shape index (κ3) is 4.73. The fraction of sp³-hybridized carbons (Fsp3) is 0.583. The molecule has 0 spiro atoms. The fourth-order valence-corrected chi connectivity index (χ4v) is 1.99. The van der Waals surface area contributed by atoms with Crippen LogP contribution in [0, 0.1) is 17.7 Å². The molecule has 0 bridgehead atoms. The summed E-state index contributed by atoms with van der Waals surface area (Å²) >= 11 is 1.65. The summed E-state index contributed by atoms with van der Waals surface area (Å²) in [5.41, 5.74) is 6.41. The molecule has 3 N–H and O–H groups in total. The normalized spacial score (nSPS) is 11.5. The molecule has 94 valence electrons. The summed E-state index contributed by atoms with van der Waals surface area (Å²) in [5.74, 6) is 1.22. The van der Waals surface area contributed by atoms with Crippen LogP contribution in [0.5, 0.6) is 0 Å². The van der Waals surface area contributed by atoms with Gasteiger partial charge in [0.2, 0.25) is 0 Å². The van der Waals surface area contributed by atoms with Crippen molar-refractivity contribution in [3.8, 4) is 0 Å². The van der Waals surface area contributed by atoms with Gasteiger partial charge in [-0.1, -0.05) is 25.6 Å². The molecule has 5 heteroatoms. The maximum atomic E-state index is 7.47. The largest absolute Gasteiger partial charge is 0.387 e. The Labute approximate surface area is 107 Å². The predicted molar refractivity (Wildman–Crippen MR) is 72.4 cm³/mol. The Morgan fingerprint density at radius 2 is 2.00 bits per heavy atom. The number of rotatable bonds is 6. The van der Waals surface area contributed by atoms with E-state index in [1.807, 2.05) is 33.2 Å². The van der Waals surface area contributed by atoms with E-state index in [4.69, 9.17) is 11.1 Å². The Morgan fingerprint density at radius 1 is 1.41 bits per heavy atom. The molecule has 0 saturated heterocycles. The molecule has 0 radical (unpaired) electrons. The van der Waals surface area contributed by atoms with Crippen LogP contribution in [-0.2, 0) is 0 Å². The van der Waals surface area contributed by atoms with E-state index in [2.05, 4.69) is 9.97 Å². The van der Waals surface area contributed by atoms with Crippen LogP contribution in [0.15, 0.2) is 17.6 Å². The van der Waals surface area contributed by atoms with Crippen molar-refractivity contribution < 1.29 is 0 Å². The highest BCUT2D eigenvalue weighted by Gasteiger charge is 2.20. The number of aromatic nitrogens is 2. The first kappa shape index (κ1) is 14.0. The van der Waals surface area contributed by atoms with Crippen LogP contribution in [0.1, 0.15) is 32.3 Å². The van der Waals surface area contributed by atoms with Crippen molar-refractivity contribution in [1.82, 2.24) is 9.97 Å². The molecular formula is C12H20N4S. The van der Waals surface area contributed by atoms with Gasteiger partial charge in [0.05, 0.1) is 5.84 Å². The van der Waals surface area contributed by atoms with Gasteiger partial charge < -0.3 is 5.73 Å². The average Bonchev–Trinajstić information content (AvgIpc) is 2.26. The number of nitrogens with two attached hydrogens (primary N) is 1. The summed E-state index contributed by atoms with van der Waals surface area (Å²) < 4.78 is 0. The smallest absolute Gasteiger partial charge is 0.187 e. The Balaban J connectivity index is 2.29. The Bertz CT molecular complexity index is 373. The molecule has 1 aromatic heterocycles. The van der Waals surface area contributed by atoms with Crippen molar-refractivity contribution in [2.45, 2.75) is 38.8 Å². The molecule has 17 heavy (non-hydrogen) atoms. The van der Waals surface area contributed by atoms with Crippen molar-refractivity contribution in [2.24, 2.45) is 11.1 Å². The van der Waals surface area contributed by atoms with Crippen LogP contribution in [-0.4, -0.2) is 21.6 Å². The molecule has 1 aromatic rings. The van der Waals surface area contributed by atoms with Gasteiger partial charge in [-0.25, -0.2) is 9.97 Å². The lowest BCUT2D eigenvalue weighted by molar-refractivity contribution is 0.464. The van der Waals surface area contributed by atoms with Gasteiger partial charge in [0.1, 0.15) is 0 Å². The Morgan fingerprint density at radius 3 is 2.53 bits per heavy atom. The first-order valence-corrected chi connectivity index (χ1v) is 6.66. The molecule has 0 saturated carbocycles. The van der Waals surface area contributed by atoms with Crippen LogP contribution in [0.4, 0.5) is 0 Å². The molecule has 0 aromatic carbocycles. The minimum Gasteiger partial charge on any atom is -0.387 e. The summed E-state index contributed by atoms with van der Waals surface area (Å²) in [6, 6.07) is 0. The summed E-state index contributed by atoms with van der Waals surface area (Å²) in [7, 11) is 0. The van der Waals surface area contributed by atoms with Crippen molar-refractivity contribution in [2.75, 3.05) is 5.75 Å². The average molecular weight is 252 g/mol. The molecule has 0 fully saturated rings. The number of thioether (sulfide) groups is 1. The molecule has 0 unspecified atom stereocenters. The highest BCUT2D eigenvalue weighted by atomic mass is 32.2. The quantitative estimate of drug-likeness (QED) is 0.268. The van der Waals surface area contributed by atoms with E-state index in [1.165, 1.54) is 0 Å². The van der Waals surface area contributed by atoms with E-state index in [-0.39, 0.29) is 11.3 Å². The van der Waals surface area contributed by atoms with E-state index in [9.17, 15) is 0 Å². The molecule has 1 rings (SSSR count). The second-order valence-corrected chi connectivity index (χ2v) is 5.85. The molecule has 0 aliphatic heterocycles. The summed E-state index contributed by atoms with van der Waals surface area (Å²) in [5, 5.41) is 8.28. The number of nitrogens with zero attached hydrogens (tertiary/aromatic N) is 2. The lowest BCUT2D eigenvalue weighted by Crippen LogP contribution is -2.30. The lowest BCUT2D eigenvalue weighted by Gasteiger charge is -2.22. The van der Waals surface area contributed by atoms with E-state index in [0.29, 0.717) is 0 Å². The highest BCUT2D eigenvalue weighted by molar-refractivity contribution is 7.99. The lowest BCUT2D eigenvalue weighted by atomic mass is 9.87. The standard InChI is InChI=1S/C12H20N4S/c1-9-7-15-11(16-8-9)17-6-4-5-12(2,3)10(13)14/h7-8H,4-6H2,1-3H3,(H3,13,14). The fourth-order valence-electron chi connectivity index (χ4n) is 1.27. The van der Waals surface area contributed by atoms with Gasteiger partial charge in [-0.15, -0.1) is 0 Å². The molecular weight excluding hydrogens is 232 g/mol. The van der Waals surface area contributed by atoms with E-state index in [1.54, 1.807) is 11.8 Å². The summed E-state index contributed by atoms with van der Waals surface area (Å²) in [6.07, 6.45) is 5.58. The topological polar surface area (TPSA) is 75.7 Å². The SMILES string of the molecule is Cc1cnc(SCCCC(C)(C)C(=N)N)nc1. The third-order valence-corrected chi connectivity index (χ3v) is 3.63. The molecule has 4 nitrogen and oxygen atoms in total. The zero-order chi connectivity index (χ0) is 12.9. The van der Waals surface area contributed by atoms with E-state index < -0.39 is 0 Å². The van der Waals surface area contributed by atoms with Crippen LogP contribution >= 0.6 is 11.8 Å². The van der Waals surface area contributed by atoms with E-state index >= 15 is 0 Å². The van der Waals surface area contributed by atoms with Gasteiger partial charge in [-0.05, 0) is 25.3 Å². The summed E-state index contributed by atoms with van der Waals surface area (Å²) in [4.78, 5) is 8.46. The number of nitrogens with one attached hydrogen (secondary N) is 1.